The number of imidazole rings is 1. The second-order valence-electron chi connectivity index (χ2n) is 7.72. The number of H-pyrrole nitrogens is 1. The van der Waals surface area contributed by atoms with Crippen molar-refractivity contribution in [2.45, 2.75) is 109 Å². The van der Waals surface area contributed by atoms with Crippen LogP contribution in [0.3, 0.4) is 0 Å². The number of unbranched alkanes of at least 4 members (excludes halogenated alkanes) is 13. The van der Waals surface area contributed by atoms with Crippen molar-refractivity contribution in [3.8, 4) is 0 Å². The maximum atomic E-state index is 11.3. The highest BCUT2D eigenvalue weighted by Gasteiger charge is 2.17. The van der Waals surface area contributed by atoms with Gasteiger partial charge in [0.15, 0.2) is 0 Å². The molecule has 0 radical (unpaired) electrons. The van der Waals surface area contributed by atoms with Crippen LogP contribution >= 0.6 is 0 Å². The van der Waals surface area contributed by atoms with E-state index in [4.69, 9.17) is 0 Å². The number of nitrogens with zero attached hydrogens (tertiary/aromatic N) is 1. The van der Waals surface area contributed by atoms with Gasteiger partial charge in [-0.1, -0.05) is 90.4 Å². The number of aromatic amines is 1. The Morgan fingerprint density at radius 3 is 1.93 bits per heavy atom. The summed E-state index contributed by atoms with van der Waals surface area (Å²) in [7, 11) is 0. The van der Waals surface area contributed by atoms with Crippen molar-refractivity contribution < 1.29 is 9.90 Å². The summed E-state index contributed by atoms with van der Waals surface area (Å²) in [4.78, 5) is 18.2. The first-order chi connectivity index (χ1) is 13.2. The molecule has 0 saturated heterocycles. The Hall–Kier alpha value is -1.36. The summed E-state index contributed by atoms with van der Waals surface area (Å²) in [6.07, 6.45) is 22.5. The highest BCUT2D eigenvalue weighted by molar-refractivity contribution is 5.73. The van der Waals surface area contributed by atoms with Crippen LogP contribution in [0.25, 0.3) is 0 Å². The predicted octanol–water partition coefficient (Wildman–Crippen LogP) is 5.48. The Bertz CT molecular complexity index is 448. The number of carboxylic acid groups (broad SMARTS) is 1. The molecule has 27 heavy (non-hydrogen) atoms. The summed E-state index contributed by atoms with van der Waals surface area (Å²) >= 11 is 0. The number of carboxylic acids is 1. The SMILES string of the molecule is CCCCCCCCCCCCCCCCNC(Cc1cnc[nH]1)C(=O)O. The number of hydrogen-bond donors (Lipinski definition) is 3. The monoisotopic (exact) mass is 379 g/mol. The fourth-order valence-corrected chi connectivity index (χ4v) is 3.46. The first-order valence-corrected chi connectivity index (χ1v) is 11.2. The smallest absolute Gasteiger partial charge is 0.321 e. The van der Waals surface area contributed by atoms with Crippen molar-refractivity contribution >= 4 is 5.97 Å². The van der Waals surface area contributed by atoms with Crippen LogP contribution in [0.5, 0.6) is 0 Å². The average molecular weight is 380 g/mol. The van der Waals surface area contributed by atoms with Crippen molar-refractivity contribution in [3.05, 3.63) is 18.2 Å². The molecule has 5 nitrogen and oxygen atoms in total. The lowest BCUT2D eigenvalue weighted by molar-refractivity contribution is -0.139. The molecule has 1 heterocycles. The van der Waals surface area contributed by atoms with Crippen molar-refractivity contribution in [2.75, 3.05) is 6.54 Å². The average Bonchev–Trinajstić information content (AvgIpc) is 3.17. The minimum atomic E-state index is -0.796. The van der Waals surface area contributed by atoms with Gasteiger partial charge in [-0.05, 0) is 13.0 Å². The van der Waals surface area contributed by atoms with Gasteiger partial charge in [-0.25, -0.2) is 4.98 Å². The third-order valence-corrected chi connectivity index (χ3v) is 5.20. The van der Waals surface area contributed by atoms with Gasteiger partial charge in [0.2, 0.25) is 0 Å². The second-order valence-corrected chi connectivity index (χ2v) is 7.72. The second kappa shape index (κ2) is 16.8. The van der Waals surface area contributed by atoms with E-state index in [1.165, 1.54) is 83.5 Å². The molecule has 0 amide bonds. The van der Waals surface area contributed by atoms with E-state index in [1.54, 1.807) is 12.5 Å². The molecule has 0 fully saturated rings. The Balaban J connectivity index is 1.86. The van der Waals surface area contributed by atoms with Crippen LogP contribution in [0.4, 0.5) is 0 Å². The highest BCUT2D eigenvalue weighted by Crippen LogP contribution is 2.12. The van der Waals surface area contributed by atoms with Gasteiger partial charge in [-0.2, -0.15) is 0 Å². The van der Waals surface area contributed by atoms with Gasteiger partial charge in [0.1, 0.15) is 6.04 Å². The van der Waals surface area contributed by atoms with E-state index >= 15 is 0 Å². The molecular formula is C22H41N3O2. The maximum Gasteiger partial charge on any atom is 0.321 e. The van der Waals surface area contributed by atoms with Crippen molar-refractivity contribution in [2.24, 2.45) is 0 Å². The lowest BCUT2D eigenvalue weighted by Crippen LogP contribution is -2.39. The predicted molar refractivity (Wildman–Crippen MR) is 112 cm³/mol. The summed E-state index contributed by atoms with van der Waals surface area (Å²) in [5.74, 6) is -0.796. The number of hydrogen-bond acceptors (Lipinski definition) is 3. The molecule has 0 bridgehead atoms. The van der Waals surface area contributed by atoms with Crippen LogP contribution < -0.4 is 5.32 Å². The minimum absolute atomic E-state index is 0.452. The Morgan fingerprint density at radius 2 is 1.48 bits per heavy atom. The number of nitrogens with one attached hydrogen (secondary N) is 2. The van der Waals surface area contributed by atoms with E-state index in [0.717, 1.165) is 18.7 Å². The van der Waals surface area contributed by atoms with Crippen molar-refractivity contribution in [3.63, 3.8) is 0 Å². The number of aromatic nitrogens is 2. The number of carbonyl (C=O) groups is 1. The van der Waals surface area contributed by atoms with Gasteiger partial charge < -0.3 is 15.4 Å². The molecule has 1 atom stereocenters. The van der Waals surface area contributed by atoms with Crippen LogP contribution in [0.1, 0.15) is 103 Å². The zero-order valence-electron chi connectivity index (χ0n) is 17.3. The van der Waals surface area contributed by atoms with Crippen molar-refractivity contribution in [1.29, 1.82) is 0 Å². The van der Waals surface area contributed by atoms with Gasteiger partial charge in [0.05, 0.1) is 6.33 Å². The number of aliphatic carboxylic acids is 1. The van der Waals surface area contributed by atoms with E-state index in [1.807, 2.05) is 0 Å². The lowest BCUT2D eigenvalue weighted by Gasteiger charge is -2.13. The summed E-state index contributed by atoms with van der Waals surface area (Å²) in [6.45, 7) is 3.04. The topological polar surface area (TPSA) is 78.0 Å². The van der Waals surface area contributed by atoms with Gasteiger partial charge >= 0.3 is 5.97 Å². The van der Waals surface area contributed by atoms with Gasteiger partial charge in [-0.15, -0.1) is 0 Å². The lowest BCUT2D eigenvalue weighted by atomic mass is 10.0. The normalized spacial score (nSPS) is 12.3. The Labute approximate surface area is 165 Å². The summed E-state index contributed by atoms with van der Waals surface area (Å²) < 4.78 is 0. The summed E-state index contributed by atoms with van der Waals surface area (Å²) in [5, 5.41) is 12.4. The van der Waals surface area contributed by atoms with Gasteiger partial charge in [-0.3, -0.25) is 4.79 Å². The number of rotatable bonds is 19. The van der Waals surface area contributed by atoms with E-state index in [9.17, 15) is 9.90 Å². The quantitative estimate of drug-likeness (QED) is 0.278. The molecule has 5 heteroatoms. The van der Waals surface area contributed by atoms with Gasteiger partial charge in [0.25, 0.3) is 0 Å². The Kier molecular flexibility index (Phi) is 14.7. The molecule has 0 aromatic carbocycles. The van der Waals surface area contributed by atoms with Crippen LogP contribution in [0.15, 0.2) is 12.5 Å². The van der Waals surface area contributed by atoms with E-state index in [2.05, 4.69) is 22.2 Å². The molecule has 0 spiro atoms. The van der Waals surface area contributed by atoms with Crippen LogP contribution in [0.2, 0.25) is 0 Å². The largest absolute Gasteiger partial charge is 0.480 e. The molecular weight excluding hydrogens is 338 g/mol. The molecule has 1 aromatic heterocycles. The molecule has 1 rings (SSSR count). The first kappa shape index (κ1) is 23.7. The van der Waals surface area contributed by atoms with E-state index in [0.29, 0.717) is 6.42 Å². The highest BCUT2D eigenvalue weighted by atomic mass is 16.4. The summed E-state index contributed by atoms with van der Waals surface area (Å²) in [6, 6.07) is -0.535. The minimum Gasteiger partial charge on any atom is -0.480 e. The third-order valence-electron chi connectivity index (χ3n) is 5.20. The fourth-order valence-electron chi connectivity index (χ4n) is 3.46. The molecule has 0 saturated carbocycles. The van der Waals surface area contributed by atoms with Crippen LogP contribution in [0, 0.1) is 0 Å². The molecule has 0 aliphatic carbocycles. The molecule has 0 aliphatic rings. The zero-order chi connectivity index (χ0) is 19.6. The summed E-state index contributed by atoms with van der Waals surface area (Å²) in [5.41, 5.74) is 0.857. The zero-order valence-corrected chi connectivity index (χ0v) is 17.3. The standard InChI is InChI=1S/C22H41N3O2/c1-2-3-4-5-6-7-8-9-10-11-12-13-14-15-16-24-21(22(26)27)17-20-18-23-19-25-20/h18-19,21,24H,2-17H2,1H3,(H,23,25)(H,26,27). The Morgan fingerprint density at radius 1 is 0.963 bits per heavy atom. The molecule has 0 aliphatic heterocycles. The van der Waals surface area contributed by atoms with E-state index in [-0.39, 0.29) is 0 Å². The molecule has 1 aromatic rings. The maximum absolute atomic E-state index is 11.3. The van der Waals surface area contributed by atoms with Crippen LogP contribution in [-0.4, -0.2) is 33.6 Å². The molecule has 1 unspecified atom stereocenters. The van der Waals surface area contributed by atoms with Crippen LogP contribution in [-0.2, 0) is 11.2 Å². The van der Waals surface area contributed by atoms with E-state index < -0.39 is 12.0 Å². The first-order valence-electron chi connectivity index (χ1n) is 11.2. The van der Waals surface area contributed by atoms with Gasteiger partial charge in [0, 0.05) is 18.3 Å². The fraction of sp³-hybridized carbons (Fsp3) is 0.818. The molecule has 3 N–H and O–H groups in total. The molecule has 156 valence electrons. The third kappa shape index (κ3) is 13.5. The van der Waals surface area contributed by atoms with Crippen molar-refractivity contribution in [1.82, 2.24) is 15.3 Å².